The lowest BCUT2D eigenvalue weighted by atomic mass is 9.72. The van der Waals surface area contributed by atoms with E-state index in [4.69, 9.17) is 27.9 Å². The predicted molar refractivity (Wildman–Crippen MR) is 102 cm³/mol. The fourth-order valence-corrected chi connectivity index (χ4v) is 4.60. The van der Waals surface area contributed by atoms with Gasteiger partial charge in [0.25, 0.3) is 0 Å². The van der Waals surface area contributed by atoms with E-state index >= 15 is 0 Å². The lowest BCUT2D eigenvalue weighted by molar-refractivity contribution is -0.163. The molecule has 0 aromatic carbocycles. The van der Waals surface area contributed by atoms with Crippen LogP contribution in [0.2, 0.25) is 6.04 Å². The summed E-state index contributed by atoms with van der Waals surface area (Å²) in [6, 6.07) is 0.532. The smallest absolute Gasteiger partial charge is 0.465 e. The average Bonchev–Trinajstić information content (AvgIpc) is 2.66. The number of rotatable bonds is 14. The highest BCUT2D eigenvalue weighted by Gasteiger charge is 2.43. The second-order valence-corrected chi connectivity index (χ2v) is 10.5. The maximum atomic E-state index is 12.5. The third kappa shape index (κ3) is 7.87. The molecule has 0 aliphatic rings. The summed E-state index contributed by atoms with van der Waals surface area (Å²) in [5.41, 5.74) is -1.69. The van der Waals surface area contributed by atoms with Crippen LogP contribution in [0.3, 0.4) is 0 Å². The van der Waals surface area contributed by atoms with Crippen molar-refractivity contribution in [1.29, 1.82) is 0 Å². The Morgan fingerprint density at radius 3 is 1.89 bits per heavy atom. The van der Waals surface area contributed by atoms with E-state index in [1.807, 2.05) is 6.92 Å². The summed E-state index contributed by atoms with van der Waals surface area (Å²) >= 11 is 0. The van der Waals surface area contributed by atoms with Gasteiger partial charge in [-0.2, -0.15) is 0 Å². The van der Waals surface area contributed by atoms with Gasteiger partial charge in [-0.3, -0.25) is 9.59 Å². The highest BCUT2D eigenvalue weighted by atomic mass is 28.4. The monoisotopic (exact) mass is 408 g/mol. The number of carbonyl (C=O) groups excluding carboxylic acids is 2. The number of aliphatic hydroxyl groups is 1. The van der Waals surface area contributed by atoms with Crippen LogP contribution in [0.4, 0.5) is 0 Å². The van der Waals surface area contributed by atoms with E-state index in [9.17, 15) is 9.59 Å². The summed E-state index contributed by atoms with van der Waals surface area (Å²) < 4.78 is 26.5. The molecule has 1 atom stereocenters. The van der Waals surface area contributed by atoms with Gasteiger partial charge in [0.2, 0.25) is 0 Å². The lowest BCUT2D eigenvalue weighted by Gasteiger charge is -2.33. The topological polar surface area (TPSA) is 101 Å². The normalized spacial score (nSPS) is 14.5. The molecule has 1 unspecified atom stereocenters. The summed E-state index contributed by atoms with van der Waals surface area (Å²) in [5.74, 6) is -0.798. The number of carbonyl (C=O) groups is 2. The van der Waals surface area contributed by atoms with Gasteiger partial charge in [0.15, 0.2) is 0 Å². The second kappa shape index (κ2) is 11.8. The van der Waals surface area contributed by atoms with Gasteiger partial charge < -0.3 is 27.9 Å². The molecular weight excluding hydrogens is 372 g/mol. The molecule has 27 heavy (non-hydrogen) atoms. The van der Waals surface area contributed by atoms with Gasteiger partial charge in [-0.25, -0.2) is 0 Å². The second-order valence-electron chi connectivity index (χ2n) is 7.37. The van der Waals surface area contributed by atoms with E-state index < -0.39 is 25.6 Å². The summed E-state index contributed by atoms with van der Waals surface area (Å²) in [5, 5.41) is 8.83. The van der Waals surface area contributed by atoms with Crippen LogP contribution in [0, 0.1) is 10.8 Å². The minimum atomic E-state index is -2.68. The molecule has 0 fully saturated rings. The SMILES string of the molecule is CCC(C)(CC(C)(C)C(=O)OCCC[Si](OC)(OC)OC)C(=O)OCCO. The molecule has 8 nitrogen and oxygen atoms in total. The van der Waals surface area contributed by atoms with Crippen molar-refractivity contribution in [1.82, 2.24) is 0 Å². The fraction of sp³-hybridized carbons (Fsp3) is 0.889. The van der Waals surface area contributed by atoms with Crippen LogP contribution >= 0.6 is 0 Å². The fourth-order valence-electron chi connectivity index (χ4n) is 2.91. The average molecular weight is 409 g/mol. The number of aliphatic hydroxyl groups excluding tert-OH is 1. The zero-order valence-electron chi connectivity index (χ0n) is 17.8. The number of ether oxygens (including phenoxy) is 2. The summed E-state index contributed by atoms with van der Waals surface area (Å²) in [7, 11) is 1.93. The van der Waals surface area contributed by atoms with E-state index in [1.165, 1.54) is 21.3 Å². The van der Waals surface area contributed by atoms with Crippen LogP contribution in [0.25, 0.3) is 0 Å². The van der Waals surface area contributed by atoms with Gasteiger partial charge in [-0.15, -0.1) is 0 Å². The largest absolute Gasteiger partial charge is 0.500 e. The highest BCUT2D eigenvalue weighted by Crippen LogP contribution is 2.38. The third-order valence-electron chi connectivity index (χ3n) is 4.78. The Labute approximate surface area is 163 Å². The molecule has 0 aromatic rings. The Balaban J connectivity index is 4.72. The number of hydrogen-bond donors (Lipinski definition) is 1. The Bertz CT molecular complexity index is 456. The molecule has 160 valence electrons. The molecule has 0 aliphatic carbocycles. The minimum Gasteiger partial charge on any atom is -0.465 e. The quantitative estimate of drug-likeness (QED) is 0.265. The molecule has 0 saturated heterocycles. The maximum absolute atomic E-state index is 12.5. The first-order valence-electron chi connectivity index (χ1n) is 9.17. The molecule has 0 rings (SSSR count). The molecule has 0 aromatic heterocycles. The Morgan fingerprint density at radius 2 is 1.44 bits per heavy atom. The molecule has 0 spiro atoms. The van der Waals surface area contributed by atoms with Crippen molar-refractivity contribution in [3.05, 3.63) is 0 Å². The van der Waals surface area contributed by atoms with Crippen LogP contribution in [0.15, 0.2) is 0 Å². The third-order valence-corrected chi connectivity index (χ3v) is 7.61. The standard InChI is InChI=1S/C18H36O8Si/c1-8-18(4,16(21)26-12-10-19)14-17(2,3)15(20)25-11-9-13-27(22-5,23-6)24-7/h19H,8-14H2,1-7H3. The van der Waals surface area contributed by atoms with Crippen molar-refractivity contribution in [2.75, 3.05) is 41.2 Å². The molecule has 0 amide bonds. The van der Waals surface area contributed by atoms with Crippen LogP contribution in [0.1, 0.15) is 47.0 Å². The van der Waals surface area contributed by atoms with Crippen LogP contribution in [-0.2, 0) is 32.3 Å². The highest BCUT2D eigenvalue weighted by molar-refractivity contribution is 6.60. The molecule has 9 heteroatoms. The van der Waals surface area contributed by atoms with Crippen molar-refractivity contribution in [3.8, 4) is 0 Å². The summed E-state index contributed by atoms with van der Waals surface area (Å²) in [6.07, 6.45) is 1.34. The van der Waals surface area contributed by atoms with Crippen LogP contribution in [0.5, 0.6) is 0 Å². The number of esters is 2. The zero-order valence-corrected chi connectivity index (χ0v) is 18.8. The predicted octanol–water partition coefficient (Wildman–Crippen LogP) is 2.17. The van der Waals surface area contributed by atoms with Gasteiger partial charge in [0.05, 0.1) is 24.0 Å². The van der Waals surface area contributed by atoms with Gasteiger partial charge in [-0.05, 0) is 40.0 Å². The van der Waals surface area contributed by atoms with E-state index in [1.54, 1.807) is 20.8 Å². The van der Waals surface area contributed by atoms with E-state index in [0.717, 1.165) is 0 Å². The first-order chi connectivity index (χ1) is 12.6. The zero-order chi connectivity index (χ0) is 21.1. The van der Waals surface area contributed by atoms with E-state index in [2.05, 4.69) is 0 Å². The maximum Gasteiger partial charge on any atom is 0.500 e. The minimum absolute atomic E-state index is 0.0521. The van der Waals surface area contributed by atoms with Crippen molar-refractivity contribution in [2.24, 2.45) is 10.8 Å². The first-order valence-corrected chi connectivity index (χ1v) is 11.1. The molecule has 1 N–H and O–H groups in total. The van der Waals surface area contributed by atoms with Crippen molar-refractivity contribution in [3.63, 3.8) is 0 Å². The molecule has 0 bridgehead atoms. The van der Waals surface area contributed by atoms with Crippen molar-refractivity contribution < 1.29 is 37.4 Å². The molecule has 0 saturated carbocycles. The van der Waals surface area contributed by atoms with Crippen molar-refractivity contribution >= 4 is 20.7 Å². The van der Waals surface area contributed by atoms with Crippen LogP contribution < -0.4 is 0 Å². The summed E-state index contributed by atoms with van der Waals surface area (Å²) in [4.78, 5) is 24.8. The molecular formula is C18H36O8Si. The van der Waals surface area contributed by atoms with E-state index in [0.29, 0.717) is 18.9 Å². The first kappa shape index (κ1) is 26.0. The molecule has 0 aliphatic heterocycles. The molecule has 0 radical (unpaired) electrons. The van der Waals surface area contributed by atoms with Gasteiger partial charge in [-0.1, -0.05) is 6.92 Å². The van der Waals surface area contributed by atoms with Gasteiger partial charge in [0.1, 0.15) is 6.61 Å². The van der Waals surface area contributed by atoms with Gasteiger partial charge in [0, 0.05) is 27.4 Å². The number of hydrogen-bond acceptors (Lipinski definition) is 8. The van der Waals surface area contributed by atoms with Crippen LogP contribution in [-0.4, -0.2) is 67.0 Å². The van der Waals surface area contributed by atoms with Crippen molar-refractivity contribution in [2.45, 2.75) is 53.0 Å². The Hall–Kier alpha value is -1.00. The van der Waals surface area contributed by atoms with Gasteiger partial charge >= 0.3 is 20.7 Å². The van der Waals surface area contributed by atoms with E-state index in [-0.39, 0.29) is 32.2 Å². The molecule has 0 heterocycles. The Kier molecular flexibility index (Phi) is 11.3. The summed E-state index contributed by atoms with van der Waals surface area (Å²) in [6.45, 7) is 7.06. The lowest BCUT2D eigenvalue weighted by Crippen LogP contribution is -2.43. The Morgan fingerprint density at radius 1 is 0.926 bits per heavy atom.